The third-order valence-electron chi connectivity index (χ3n) is 4.41. The first-order chi connectivity index (χ1) is 11.8. The highest BCUT2D eigenvalue weighted by atomic mass is 32.1. The summed E-state index contributed by atoms with van der Waals surface area (Å²) in [7, 11) is 1.71. The second-order valence-electron chi connectivity index (χ2n) is 6.13. The normalized spacial score (nSPS) is 13.9. The molecule has 5 heteroatoms. The highest BCUT2D eigenvalue weighted by Gasteiger charge is 2.23. The van der Waals surface area contributed by atoms with Crippen LogP contribution in [-0.2, 0) is 6.42 Å². The lowest BCUT2D eigenvalue weighted by Crippen LogP contribution is -2.08. The van der Waals surface area contributed by atoms with Crippen LogP contribution >= 0.6 is 11.3 Å². The standard InChI is InChI=1S/C19H21N3OS/c1-13-11-17(24-12-13)18-14-7-5-6-10-20-19(14)22(21-18)15-8-3-4-9-16(15)23-2/h3-4,8-9,11-12,20H,5-7,10H2,1-2H3. The zero-order valence-corrected chi connectivity index (χ0v) is 14.8. The number of anilines is 1. The molecule has 0 saturated carbocycles. The van der Waals surface area contributed by atoms with Crippen molar-refractivity contribution in [2.75, 3.05) is 19.0 Å². The van der Waals surface area contributed by atoms with Gasteiger partial charge in [0, 0.05) is 12.1 Å². The van der Waals surface area contributed by atoms with Crippen molar-refractivity contribution in [3.05, 3.63) is 46.8 Å². The number of nitrogens with zero attached hydrogens (tertiary/aromatic N) is 2. The van der Waals surface area contributed by atoms with Gasteiger partial charge in [-0.25, -0.2) is 4.68 Å². The van der Waals surface area contributed by atoms with Crippen LogP contribution in [0.5, 0.6) is 5.75 Å². The van der Waals surface area contributed by atoms with Crippen molar-refractivity contribution in [2.45, 2.75) is 26.2 Å². The Bertz CT molecular complexity index is 865. The highest BCUT2D eigenvalue weighted by Crippen LogP contribution is 2.38. The summed E-state index contributed by atoms with van der Waals surface area (Å²) < 4.78 is 7.57. The lowest BCUT2D eigenvalue weighted by molar-refractivity contribution is 0.412. The quantitative estimate of drug-likeness (QED) is 0.754. The Morgan fingerprint density at radius 3 is 2.92 bits per heavy atom. The van der Waals surface area contributed by atoms with Gasteiger partial charge in [-0.2, -0.15) is 5.10 Å². The largest absolute Gasteiger partial charge is 0.494 e. The third-order valence-corrected chi connectivity index (χ3v) is 5.46. The Hall–Kier alpha value is -2.27. The molecule has 3 aromatic rings. The van der Waals surface area contributed by atoms with E-state index in [1.165, 1.54) is 28.8 Å². The number of aromatic nitrogens is 2. The predicted octanol–water partition coefficient (Wildman–Crippen LogP) is 4.67. The summed E-state index contributed by atoms with van der Waals surface area (Å²) in [6.45, 7) is 3.12. The van der Waals surface area contributed by atoms with E-state index in [4.69, 9.17) is 9.84 Å². The molecule has 1 N–H and O–H groups in total. The van der Waals surface area contributed by atoms with E-state index in [1.54, 1.807) is 18.4 Å². The minimum Gasteiger partial charge on any atom is -0.494 e. The number of nitrogens with one attached hydrogen (secondary N) is 1. The van der Waals surface area contributed by atoms with E-state index in [2.05, 4.69) is 29.8 Å². The number of aryl methyl sites for hydroxylation is 1. The van der Waals surface area contributed by atoms with Gasteiger partial charge in [0.15, 0.2) is 0 Å². The molecule has 1 aliphatic rings. The monoisotopic (exact) mass is 339 g/mol. The van der Waals surface area contributed by atoms with Gasteiger partial charge in [-0.3, -0.25) is 0 Å². The fourth-order valence-corrected chi connectivity index (χ4v) is 4.15. The van der Waals surface area contributed by atoms with Crippen LogP contribution in [0.3, 0.4) is 0 Å². The van der Waals surface area contributed by atoms with Gasteiger partial charge in [0.05, 0.1) is 12.0 Å². The second kappa shape index (κ2) is 6.32. The Labute approximate surface area is 146 Å². The fourth-order valence-electron chi connectivity index (χ4n) is 3.23. The molecule has 1 aliphatic heterocycles. The van der Waals surface area contributed by atoms with E-state index in [-0.39, 0.29) is 0 Å². The van der Waals surface area contributed by atoms with Gasteiger partial charge in [-0.05, 0) is 55.3 Å². The van der Waals surface area contributed by atoms with E-state index in [1.807, 2.05) is 22.9 Å². The average Bonchev–Trinajstić information content (AvgIpc) is 3.10. The van der Waals surface area contributed by atoms with Crippen LogP contribution < -0.4 is 10.1 Å². The highest BCUT2D eigenvalue weighted by molar-refractivity contribution is 7.13. The minimum absolute atomic E-state index is 0.836. The van der Waals surface area contributed by atoms with Crippen molar-refractivity contribution in [1.82, 2.24) is 9.78 Å². The number of ether oxygens (including phenoxy) is 1. The number of benzene rings is 1. The van der Waals surface area contributed by atoms with Crippen LogP contribution in [0.25, 0.3) is 16.3 Å². The minimum atomic E-state index is 0.836. The Morgan fingerprint density at radius 2 is 2.12 bits per heavy atom. The maximum absolute atomic E-state index is 5.56. The van der Waals surface area contributed by atoms with Crippen molar-refractivity contribution >= 4 is 17.2 Å². The summed E-state index contributed by atoms with van der Waals surface area (Å²) in [6.07, 6.45) is 3.43. The van der Waals surface area contributed by atoms with Crippen molar-refractivity contribution in [1.29, 1.82) is 0 Å². The summed E-state index contributed by atoms with van der Waals surface area (Å²) >= 11 is 1.77. The number of hydrogen-bond acceptors (Lipinski definition) is 4. The van der Waals surface area contributed by atoms with Gasteiger partial charge in [-0.1, -0.05) is 12.1 Å². The molecule has 0 aliphatic carbocycles. The summed E-state index contributed by atoms with van der Waals surface area (Å²) in [4.78, 5) is 1.24. The van der Waals surface area contributed by atoms with Gasteiger partial charge < -0.3 is 10.1 Å². The van der Waals surface area contributed by atoms with Crippen molar-refractivity contribution in [3.8, 4) is 22.0 Å². The van der Waals surface area contributed by atoms with Gasteiger partial charge in [0.1, 0.15) is 22.9 Å². The Morgan fingerprint density at radius 1 is 1.25 bits per heavy atom. The number of thiophene rings is 1. The summed E-state index contributed by atoms with van der Waals surface area (Å²) in [5, 5.41) is 10.8. The molecule has 4 nitrogen and oxygen atoms in total. The summed E-state index contributed by atoms with van der Waals surface area (Å²) in [5.41, 5.74) is 4.69. The fraction of sp³-hybridized carbons (Fsp3) is 0.316. The van der Waals surface area contributed by atoms with Crippen LogP contribution in [0.15, 0.2) is 35.7 Å². The molecule has 0 radical (unpaired) electrons. The van der Waals surface area contributed by atoms with Crippen LogP contribution in [0.2, 0.25) is 0 Å². The Balaban J connectivity index is 1.93. The lowest BCUT2D eigenvalue weighted by Gasteiger charge is -2.12. The zero-order chi connectivity index (χ0) is 16.5. The van der Waals surface area contributed by atoms with Gasteiger partial charge in [0.25, 0.3) is 0 Å². The van der Waals surface area contributed by atoms with E-state index in [9.17, 15) is 0 Å². The zero-order valence-electron chi connectivity index (χ0n) is 14.0. The molecule has 3 heterocycles. The van der Waals surface area contributed by atoms with Crippen LogP contribution in [0.4, 0.5) is 5.82 Å². The van der Waals surface area contributed by atoms with Crippen molar-refractivity contribution < 1.29 is 4.74 Å². The van der Waals surface area contributed by atoms with Crippen molar-refractivity contribution in [3.63, 3.8) is 0 Å². The van der Waals surface area contributed by atoms with Gasteiger partial charge in [0.2, 0.25) is 0 Å². The van der Waals surface area contributed by atoms with E-state index >= 15 is 0 Å². The number of fused-ring (bicyclic) bond motifs is 1. The molecule has 0 spiro atoms. The van der Waals surface area contributed by atoms with E-state index in [0.717, 1.165) is 35.9 Å². The smallest absolute Gasteiger partial charge is 0.144 e. The molecule has 124 valence electrons. The first-order valence-electron chi connectivity index (χ1n) is 8.32. The molecule has 0 bridgehead atoms. The summed E-state index contributed by atoms with van der Waals surface area (Å²) in [5.74, 6) is 1.95. The number of para-hydroxylation sites is 2. The van der Waals surface area contributed by atoms with Crippen LogP contribution in [0.1, 0.15) is 24.0 Å². The first kappa shape index (κ1) is 15.3. The van der Waals surface area contributed by atoms with Crippen LogP contribution in [-0.4, -0.2) is 23.4 Å². The van der Waals surface area contributed by atoms with Gasteiger partial charge in [-0.15, -0.1) is 11.3 Å². The first-order valence-corrected chi connectivity index (χ1v) is 9.20. The second-order valence-corrected chi connectivity index (χ2v) is 7.04. The maximum atomic E-state index is 5.56. The molecule has 0 fully saturated rings. The maximum Gasteiger partial charge on any atom is 0.144 e. The predicted molar refractivity (Wildman–Crippen MR) is 99.6 cm³/mol. The SMILES string of the molecule is COc1ccccc1-n1nc(-c2cc(C)cs2)c2c1NCCCC2. The number of hydrogen-bond donors (Lipinski definition) is 1. The summed E-state index contributed by atoms with van der Waals surface area (Å²) in [6, 6.07) is 10.3. The number of rotatable bonds is 3. The van der Waals surface area contributed by atoms with Gasteiger partial charge >= 0.3 is 0 Å². The molecule has 4 rings (SSSR count). The molecule has 0 saturated heterocycles. The van der Waals surface area contributed by atoms with Crippen LogP contribution in [0, 0.1) is 6.92 Å². The molecular formula is C19H21N3OS. The molecule has 1 aromatic carbocycles. The third kappa shape index (κ3) is 2.59. The molecule has 0 unspecified atom stereocenters. The lowest BCUT2D eigenvalue weighted by atomic mass is 10.1. The van der Waals surface area contributed by atoms with E-state index < -0.39 is 0 Å². The Kier molecular flexibility index (Phi) is 4.02. The molecule has 0 atom stereocenters. The molecule has 2 aromatic heterocycles. The van der Waals surface area contributed by atoms with Crippen molar-refractivity contribution in [2.24, 2.45) is 0 Å². The van der Waals surface area contributed by atoms with E-state index in [0.29, 0.717) is 0 Å². The topological polar surface area (TPSA) is 39.1 Å². The number of methoxy groups -OCH3 is 1. The molecule has 24 heavy (non-hydrogen) atoms. The molecular weight excluding hydrogens is 318 g/mol. The molecule has 0 amide bonds. The average molecular weight is 339 g/mol.